The minimum atomic E-state index is -1.36. The molecule has 0 radical (unpaired) electrons. The quantitative estimate of drug-likeness (QED) is 0.479. The van der Waals surface area contributed by atoms with E-state index in [1.807, 2.05) is 0 Å². The normalized spacial score (nSPS) is 26.5. The lowest BCUT2D eigenvalue weighted by atomic mass is 9.89. The molecule has 2 unspecified atom stereocenters. The highest BCUT2D eigenvalue weighted by molar-refractivity contribution is 6.84. The summed E-state index contributed by atoms with van der Waals surface area (Å²) in [5.41, 5.74) is 4.44. The maximum absolute atomic E-state index is 2.58. The van der Waals surface area contributed by atoms with E-state index in [0.717, 1.165) is 4.48 Å². The molecule has 2 aliphatic heterocycles. The second-order valence-corrected chi connectivity index (χ2v) is 13.7. The van der Waals surface area contributed by atoms with Crippen LogP contribution in [-0.2, 0) is 0 Å². The summed E-state index contributed by atoms with van der Waals surface area (Å²) < 4.78 is 0.887. The Morgan fingerprint density at radius 1 is 1.13 bits per heavy atom. The molecule has 3 rings (SSSR count). The monoisotopic (exact) mass is 324 g/mol. The fourth-order valence-corrected chi connectivity index (χ4v) is 5.69. The van der Waals surface area contributed by atoms with Crippen molar-refractivity contribution in [1.82, 2.24) is 0 Å². The Morgan fingerprint density at radius 3 is 2.48 bits per heavy atom. The predicted octanol–water partition coefficient (Wildman–Crippen LogP) is 5.91. The van der Waals surface area contributed by atoms with E-state index in [1.54, 1.807) is 10.8 Å². The number of allylic oxidation sites excluding steroid dienone is 2. The average molecular weight is 325 g/mol. The lowest BCUT2D eigenvalue weighted by Crippen LogP contribution is -2.43. The Balaban J connectivity index is 2.14. The first-order valence-electron chi connectivity index (χ1n) is 8.79. The summed E-state index contributed by atoms with van der Waals surface area (Å²) in [6.07, 6.45) is 11.0. The number of hydrogen-bond acceptors (Lipinski definition) is 0. The highest BCUT2D eigenvalue weighted by atomic mass is 28.3. The number of fused-ring (bicyclic) bond motifs is 3. The molecule has 0 amide bonds. The molecular formula is C21H30NSi+. The van der Waals surface area contributed by atoms with Crippen LogP contribution in [0.4, 0.5) is 0 Å². The first-order chi connectivity index (χ1) is 10.7. The Morgan fingerprint density at radius 2 is 1.83 bits per heavy atom. The van der Waals surface area contributed by atoms with Gasteiger partial charge in [0.25, 0.3) is 0 Å². The third kappa shape index (κ3) is 3.02. The van der Waals surface area contributed by atoms with Gasteiger partial charge in [-0.15, -0.1) is 0 Å². The van der Waals surface area contributed by atoms with E-state index in [2.05, 4.69) is 89.4 Å². The second kappa shape index (κ2) is 5.61. The molecule has 0 spiro atoms. The first kappa shape index (κ1) is 16.5. The zero-order valence-electron chi connectivity index (χ0n) is 15.4. The number of quaternary nitrogens is 1. The van der Waals surface area contributed by atoms with E-state index in [1.165, 1.54) is 17.5 Å². The van der Waals surface area contributed by atoms with Gasteiger partial charge >= 0.3 is 0 Å². The molecule has 0 aliphatic carbocycles. The van der Waals surface area contributed by atoms with Crippen molar-refractivity contribution in [1.29, 1.82) is 0 Å². The van der Waals surface area contributed by atoms with Gasteiger partial charge in [0.05, 0.1) is 15.1 Å². The molecule has 0 bridgehead atoms. The Kier molecular flexibility index (Phi) is 4.02. The van der Waals surface area contributed by atoms with Crippen LogP contribution in [0.15, 0.2) is 53.5 Å². The summed E-state index contributed by atoms with van der Waals surface area (Å²) in [5, 5.41) is 1.65. The summed E-state index contributed by atoms with van der Waals surface area (Å²) in [4.78, 5) is 0. The van der Waals surface area contributed by atoms with E-state index in [4.69, 9.17) is 0 Å². The maximum Gasteiger partial charge on any atom is 0.143 e. The van der Waals surface area contributed by atoms with E-state index in [9.17, 15) is 0 Å². The van der Waals surface area contributed by atoms with Crippen LogP contribution in [0.2, 0.25) is 19.6 Å². The minimum absolute atomic E-state index is 0.421. The molecule has 1 aromatic carbocycles. The highest BCUT2D eigenvalue weighted by Gasteiger charge is 2.40. The van der Waals surface area contributed by atoms with Crippen LogP contribution in [-0.4, -0.2) is 19.6 Å². The Hall–Kier alpha value is -1.38. The number of nitrogens with zero attached hydrogens (tertiary/aromatic N) is 1. The number of hydrogen-bond donors (Lipinski definition) is 0. The molecule has 2 aliphatic rings. The van der Waals surface area contributed by atoms with Gasteiger partial charge in [0.2, 0.25) is 0 Å². The molecule has 0 aromatic heterocycles. The number of rotatable bonds is 3. The van der Waals surface area contributed by atoms with Crippen molar-refractivity contribution < 1.29 is 4.48 Å². The average Bonchev–Trinajstić information content (AvgIpc) is 2.46. The molecule has 2 heterocycles. The van der Waals surface area contributed by atoms with Crippen LogP contribution in [0, 0.1) is 5.92 Å². The Bertz CT molecular complexity index is 703. The predicted molar refractivity (Wildman–Crippen MR) is 103 cm³/mol. The fourth-order valence-electron chi connectivity index (χ4n) is 3.87. The number of likely N-dealkylation sites (N-methyl/N-ethyl adjacent to an activating group) is 1. The van der Waals surface area contributed by atoms with Gasteiger partial charge in [-0.1, -0.05) is 57.8 Å². The van der Waals surface area contributed by atoms with Crippen molar-refractivity contribution in [3.8, 4) is 0 Å². The van der Waals surface area contributed by atoms with Gasteiger partial charge < -0.3 is 0 Å². The highest BCUT2D eigenvalue weighted by Crippen LogP contribution is 2.44. The van der Waals surface area contributed by atoms with Gasteiger partial charge in [-0.2, -0.15) is 0 Å². The lowest BCUT2D eigenvalue weighted by molar-refractivity contribution is -0.834. The summed E-state index contributed by atoms with van der Waals surface area (Å²) >= 11 is 0. The van der Waals surface area contributed by atoms with Gasteiger partial charge in [-0.3, -0.25) is 4.48 Å². The van der Waals surface area contributed by atoms with Gasteiger partial charge in [0, 0.05) is 5.56 Å². The zero-order chi connectivity index (χ0) is 16.8. The van der Waals surface area contributed by atoms with Gasteiger partial charge in [0.1, 0.15) is 18.4 Å². The molecule has 0 saturated carbocycles. The number of benzene rings is 1. The summed E-state index contributed by atoms with van der Waals surface area (Å²) in [6, 6.07) is 9.28. The third-order valence-corrected chi connectivity index (χ3v) is 7.10. The molecule has 23 heavy (non-hydrogen) atoms. The molecule has 2 atom stereocenters. The van der Waals surface area contributed by atoms with Gasteiger partial charge in [-0.25, -0.2) is 0 Å². The molecule has 122 valence electrons. The van der Waals surface area contributed by atoms with Crippen molar-refractivity contribution in [2.75, 3.05) is 7.05 Å². The minimum Gasteiger partial charge on any atom is -0.264 e. The SMILES string of the molecule is CC(C)CC1=CC2c3ccccc3C=C[N+]2(C)C=C1[Si](C)(C)C. The van der Waals surface area contributed by atoms with Crippen molar-refractivity contribution in [2.24, 2.45) is 5.92 Å². The molecule has 0 N–H and O–H groups in total. The third-order valence-electron chi connectivity index (χ3n) is 5.04. The van der Waals surface area contributed by atoms with Crippen molar-refractivity contribution in [3.05, 3.63) is 64.6 Å². The van der Waals surface area contributed by atoms with E-state index < -0.39 is 8.07 Å². The van der Waals surface area contributed by atoms with E-state index in [-0.39, 0.29) is 0 Å². The zero-order valence-corrected chi connectivity index (χ0v) is 16.4. The van der Waals surface area contributed by atoms with Crippen LogP contribution in [0.3, 0.4) is 0 Å². The Labute approximate surface area is 142 Å². The topological polar surface area (TPSA) is 0 Å². The largest absolute Gasteiger partial charge is 0.264 e. The molecule has 0 fully saturated rings. The first-order valence-corrected chi connectivity index (χ1v) is 12.3. The summed E-state index contributed by atoms with van der Waals surface area (Å²) in [7, 11) is 0.989. The van der Waals surface area contributed by atoms with Gasteiger partial charge in [-0.05, 0) is 40.8 Å². The van der Waals surface area contributed by atoms with Crippen LogP contribution in [0.25, 0.3) is 6.08 Å². The van der Waals surface area contributed by atoms with Crippen LogP contribution >= 0.6 is 0 Å². The maximum atomic E-state index is 2.58. The van der Waals surface area contributed by atoms with Crippen LogP contribution < -0.4 is 0 Å². The smallest absolute Gasteiger partial charge is 0.143 e. The van der Waals surface area contributed by atoms with Crippen LogP contribution in [0.5, 0.6) is 0 Å². The van der Waals surface area contributed by atoms with E-state index >= 15 is 0 Å². The van der Waals surface area contributed by atoms with Crippen molar-refractivity contribution >= 4 is 14.1 Å². The standard InChI is InChI=1S/C21H30NSi/c1-16(2)13-18-14-20-19-10-8-7-9-17(19)11-12-22(20,3)15-21(18)23(4,5)6/h7-12,14-16,20H,13H2,1-6H3/q+1. The lowest BCUT2D eigenvalue weighted by Gasteiger charge is -2.42. The van der Waals surface area contributed by atoms with Crippen molar-refractivity contribution in [3.63, 3.8) is 0 Å². The molecule has 0 saturated heterocycles. The molecular weight excluding hydrogens is 294 g/mol. The molecule has 2 heteroatoms. The fraction of sp³-hybridized carbons (Fsp3) is 0.429. The van der Waals surface area contributed by atoms with E-state index in [0.29, 0.717) is 12.0 Å². The molecule has 1 aromatic rings. The molecule has 1 nitrogen and oxygen atoms in total. The summed E-state index contributed by atoms with van der Waals surface area (Å²) in [5.74, 6) is 0.701. The van der Waals surface area contributed by atoms with Gasteiger partial charge in [0.15, 0.2) is 0 Å². The summed E-state index contributed by atoms with van der Waals surface area (Å²) in [6.45, 7) is 12.1. The van der Waals surface area contributed by atoms with Crippen LogP contribution in [0.1, 0.15) is 37.4 Å². The van der Waals surface area contributed by atoms with Crippen molar-refractivity contribution in [2.45, 2.75) is 46.0 Å². The second-order valence-electron chi connectivity index (χ2n) is 8.69.